The maximum absolute atomic E-state index is 10.7. The van der Waals surface area contributed by atoms with Crippen LogP contribution >= 0.6 is 0 Å². The van der Waals surface area contributed by atoms with Crippen molar-refractivity contribution in [1.82, 2.24) is 0 Å². The van der Waals surface area contributed by atoms with E-state index in [1.165, 1.54) is 77.7 Å². The Morgan fingerprint density at radius 3 is 1.48 bits per heavy atom. The van der Waals surface area contributed by atoms with Gasteiger partial charge in [-0.3, -0.25) is 0 Å². The Hall–Kier alpha value is -1.12. The van der Waals surface area contributed by atoms with Crippen molar-refractivity contribution in [1.29, 1.82) is 0 Å². The summed E-state index contributed by atoms with van der Waals surface area (Å²) in [6, 6.07) is 0. The SMILES string of the molecule is C=CC(=O)OC.CCCCCCCCCCCCCCC(C)=O. The highest BCUT2D eigenvalue weighted by Gasteiger charge is 1.95. The number of esters is 1. The first-order valence-corrected chi connectivity index (χ1v) is 9.28. The average Bonchev–Trinajstić information content (AvgIpc) is 2.55. The van der Waals surface area contributed by atoms with E-state index in [2.05, 4.69) is 18.2 Å². The molecular formula is C20H38O3. The van der Waals surface area contributed by atoms with Crippen LogP contribution < -0.4 is 0 Å². The third kappa shape index (κ3) is 26.1. The highest BCUT2D eigenvalue weighted by molar-refractivity contribution is 5.80. The zero-order valence-corrected chi connectivity index (χ0v) is 15.7. The van der Waals surface area contributed by atoms with Crippen LogP contribution in [-0.2, 0) is 14.3 Å². The summed E-state index contributed by atoms with van der Waals surface area (Å²) >= 11 is 0. The number of ketones is 1. The van der Waals surface area contributed by atoms with Gasteiger partial charge in [0, 0.05) is 12.5 Å². The zero-order chi connectivity index (χ0) is 17.8. The molecule has 0 aromatic carbocycles. The Morgan fingerprint density at radius 1 is 0.826 bits per heavy atom. The minimum Gasteiger partial charge on any atom is -0.466 e. The van der Waals surface area contributed by atoms with Crippen LogP contribution in [0, 0.1) is 0 Å². The van der Waals surface area contributed by atoms with Crippen LogP contribution in [0.4, 0.5) is 0 Å². The van der Waals surface area contributed by atoms with Gasteiger partial charge in [-0.05, 0) is 13.3 Å². The van der Waals surface area contributed by atoms with E-state index < -0.39 is 5.97 Å². The van der Waals surface area contributed by atoms with Crippen molar-refractivity contribution in [2.24, 2.45) is 0 Å². The van der Waals surface area contributed by atoms with E-state index >= 15 is 0 Å². The molecule has 0 saturated heterocycles. The summed E-state index contributed by atoms with van der Waals surface area (Å²) in [5.41, 5.74) is 0. The summed E-state index contributed by atoms with van der Waals surface area (Å²) in [6.07, 6.45) is 18.2. The second kappa shape index (κ2) is 20.9. The van der Waals surface area contributed by atoms with Crippen molar-refractivity contribution in [3.8, 4) is 0 Å². The van der Waals surface area contributed by atoms with Gasteiger partial charge in [0.05, 0.1) is 7.11 Å². The van der Waals surface area contributed by atoms with Crippen molar-refractivity contribution in [2.75, 3.05) is 7.11 Å². The van der Waals surface area contributed by atoms with Crippen LogP contribution in [0.3, 0.4) is 0 Å². The second-order valence-corrected chi connectivity index (χ2v) is 6.07. The van der Waals surface area contributed by atoms with Crippen LogP contribution in [0.5, 0.6) is 0 Å². The van der Waals surface area contributed by atoms with E-state index in [1.807, 2.05) is 0 Å². The Morgan fingerprint density at radius 2 is 1.22 bits per heavy atom. The van der Waals surface area contributed by atoms with Crippen LogP contribution in [0.1, 0.15) is 97.3 Å². The molecule has 0 rings (SSSR count). The topological polar surface area (TPSA) is 43.4 Å². The number of Topliss-reactive ketones (excluding diaryl/α,β-unsaturated/α-hetero) is 1. The molecule has 3 heteroatoms. The number of unbranched alkanes of at least 4 members (excludes halogenated alkanes) is 11. The number of ether oxygens (including phenoxy) is 1. The normalized spacial score (nSPS) is 9.70. The van der Waals surface area contributed by atoms with Gasteiger partial charge in [0.15, 0.2) is 0 Å². The van der Waals surface area contributed by atoms with Gasteiger partial charge in [-0.15, -0.1) is 0 Å². The lowest BCUT2D eigenvalue weighted by atomic mass is 10.0. The van der Waals surface area contributed by atoms with Crippen molar-refractivity contribution >= 4 is 11.8 Å². The number of carbonyl (C=O) groups is 2. The fourth-order valence-corrected chi connectivity index (χ4v) is 2.30. The van der Waals surface area contributed by atoms with Gasteiger partial charge < -0.3 is 9.53 Å². The van der Waals surface area contributed by atoms with E-state index in [-0.39, 0.29) is 0 Å². The van der Waals surface area contributed by atoms with Gasteiger partial charge in [0.25, 0.3) is 0 Å². The van der Waals surface area contributed by atoms with Gasteiger partial charge in [-0.1, -0.05) is 84.1 Å². The summed E-state index contributed by atoms with van der Waals surface area (Å²) < 4.78 is 4.14. The van der Waals surface area contributed by atoms with E-state index in [4.69, 9.17) is 0 Å². The molecule has 0 saturated carbocycles. The molecule has 0 fully saturated rings. The van der Waals surface area contributed by atoms with Gasteiger partial charge in [0.1, 0.15) is 5.78 Å². The van der Waals surface area contributed by atoms with Crippen LogP contribution in [-0.4, -0.2) is 18.9 Å². The lowest BCUT2D eigenvalue weighted by molar-refractivity contribution is -0.134. The molecule has 3 nitrogen and oxygen atoms in total. The number of hydrogen-bond donors (Lipinski definition) is 0. The minimum atomic E-state index is -0.394. The molecule has 0 N–H and O–H groups in total. The summed E-state index contributed by atoms with van der Waals surface area (Å²) in [5, 5.41) is 0. The van der Waals surface area contributed by atoms with Gasteiger partial charge in [-0.2, -0.15) is 0 Å². The molecule has 0 spiro atoms. The first-order chi connectivity index (χ1) is 11.1. The molecule has 0 aliphatic rings. The maximum Gasteiger partial charge on any atom is 0.329 e. The monoisotopic (exact) mass is 326 g/mol. The molecule has 0 radical (unpaired) electrons. The largest absolute Gasteiger partial charge is 0.466 e. The molecule has 0 aromatic rings. The average molecular weight is 327 g/mol. The lowest BCUT2D eigenvalue weighted by Gasteiger charge is -2.02. The Bertz CT molecular complexity index is 285. The van der Waals surface area contributed by atoms with Crippen molar-refractivity contribution in [3.05, 3.63) is 12.7 Å². The molecule has 0 amide bonds. The molecule has 23 heavy (non-hydrogen) atoms. The van der Waals surface area contributed by atoms with Crippen LogP contribution in [0.25, 0.3) is 0 Å². The molecule has 0 aliphatic heterocycles. The Balaban J connectivity index is 0. The van der Waals surface area contributed by atoms with Gasteiger partial charge in [-0.25, -0.2) is 4.79 Å². The highest BCUT2D eigenvalue weighted by atomic mass is 16.5. The zero-order valence-electron chi connectivity index (χ0n) is 15.7. The molecule has 0 atom stereocenters. The third-order valence-electron chi connectivity index (χ3n) is 3.75. The van der Waals surface area contributed by atoms with Crippen molar-refractivity contribution in [3.63, 3.8) is 0 Å². The molecule has 0 unspecified atom stereocenters. The molecule has 0 aromatic heterocycles. The Kier molecular flexibility index (Phi) is 21.9. The Labute approximate surface area is 143 Å². The van der Waals surface area contributed by atoms with Gasteiger partial charge >= 0.3 is 5.97 Å². The van der Waals surface area contributed by atoms with Crippen LogP contribution in [0.15, 0.2) is 12.7 Å². The fourth-order valence-electron chi connectivity index (χ4n) is 2.30. The first kappa shape index (κ1) is 24.1. The van der Waals surface area contributed by atoms with Crippen molar-refractivity contribution < 1.29 is 14.3 Å². The number of rotatable bonds is 14. The molecule has 136 valence electrons. The number of hydrogen-bond acceptors (Lipinski definition) is 3. The first-order valence-electron chi connectivity index (χ1n) is 9.28. The molecule has 0 bridgehead atoms. The third-order valence-corrected chi connectivity index (χ3v) is 3.75. The number of carbonyl (C=O) groups excluding carboxylic acids is 2. The summed E-state index contributed by atoms with van der Waals surface area (Å²) in [7, 11) is 1.31. The van der Waals surface area contributed by atoms with Gasteiger partial charge in [0.2, 0.25) is 0 Å². The standard InChI is InChI=1S/C16H32O.C4H6O2/c1-3-4-5-6-7-8-9-10-11-12-13-14-15-16(2)17;1-3-4(5)6-2/h3-15H2,1-2H3;3H,1H2,2H3. The number of methoxy groups -OCH3 is 1. The predicted molar refractivity (Wildman–Crippen MR) is 98.6 cm³/mol. The summed E-state index contributed by atoms with van der Waals surface area (Å²) in [5.74, 6) is -0.0490. The fraction of sp³-hybridized carbons (Fsp3) is 0.800. The molecule has 0 heterocycles. The van der Waals surface area contributed by atoms with Crippen LogP contribution in [0.2, 0.25) is 0 Å². The van der Waals surface area contributed by atoms with E-state index in [0.29, 0.717) is 5.78 Å². The summed E-state index contributed by atoms with van der Waals surface area (Å²) in [6.45, 7) is 7.12. The molecular weight excluding hydrogens is 288 g/mol. The summed E-state index contributed by atoms with van der Waals surface area (Å²) in [4.78, 5) is 20.6. The lowest BCUT2D eigenvalue weighted by Crippen LogP contribution is -1.91. The maximum atomic E-state index is 10.7. The van der Waals surface area contributed by atoms with E-state index in [0.717, 1.165) is 18.9 Å². The smallest absolute Gasteiger partial charge is 0.329 e. The quantitative estimate of drug-likeness (QED) is 0.223. The molecule has 0 aliphatic carbocycles. The van der Waals surface area contributed by atoms with E-state index in [1.54, 1.807) is 6.92 Å². The minimum absolute atomic E-state index is 0.345. The van der Waals surface area contributed by atoms with E-state index in [9.17, 15) is 9.59 Å². The predicted octanol–water partition coefficient (Wildman–Crippen LogP) is 6.01. The second-order valence-electron chi connectivity index (χ2n) is 6.07. The van der Waals surface area contributed by atoms with Crippen molar-refractivity contribution in [2.45, 2.75) is 97.3 Å². The highest BCUT2D eigenvalue weighted by Crippen LogP contribution is 2.12.